The summed E-state index contributed by atoms with van der Waals surface area (Å²) >= 11 is 1.39. The summed E-state index contributed by atoms with van der Waals surface area (Å²) in [6.07, 6.45) is 0. The highest BCUT2D eigenvalue weighted by Gasteiger charge is 2.28. The van der Waals surface area contributed by atoms with E-state index in [1.807, 2.05) is 81.1 Å². The maximum atomic E-state index is 13.2. The number of aryl methyl sites for hydroxylation is 2. The maximum Gasteiger partial charge on any atom is 0.240 e. The van der Waals surface area contributed by atoms with E-state index in [1.54, 1.807) is 4.68 Å². The quantitative estimate of drug-likeness (QED) is 0.566. The van der Waals surface area contributed by atoms with Crippen LogP contribution < -0.4 is 0 Å². The van der Waals surface area contributed by atoms with Crippen LogP contribution in [0.25, 0.3) is 5.69 Å². The molecule has 1 atom stereocenters. The molecular formula is C21H25N5OS. The lowest BCUT2D eigenvalue weighted by Crippen LogP contribution is -2.34. The zero-order chi connectivity index (χ0) is 20.1. The Morgan fingerprint density at radius 1 is 1.04 bits per heavy atom. The van der Waals surface area contributed by atoms with Crippen molar-refractivity contribution in [1.82, 2.24) is 25.1 Å². The monoisotopic (exact) mass is 395 g/mol. The fourth-order valence-corrected chi connectivity index (χ4v) is 4.29. The first-order valence-electron chi connectivity index (χ1n) is 9.42. The van der Waals surface area contributed by atoms with E-state index in [0.717, 1.165) is 22.4 Å². The Morgan fingerprint density at radius 3 is 2.29 bits per heavy atom. The molecule has 28 heavy (non-hydrogen) atoms. The molecule has 7 heteroatoms. The second-order valence-corrected chi connectivity index (χ2v) is 7.61. The van der Waals surface area contributed by atoms with Gasteiger partial charge in [-0.1, -0.05) is 60.3 Å². The summed E-state index contributed by atoms with van der Waals surface area (Å²) in [5, 5.41) is 12.5. The Labute approximate surface area is 169 Å². The van der Waals surface area contributed by atoms with Gasteiger partial charge in [0.2, 0.25) is 11.1 Å². The molecule has 2 aromatic carbocycles. The van der Waals surface area contributed by atoms with Crippen molar-refractivity contribution in [2.75, 3.05) is 13.1 Å². The van der Waals surface area contributed by atoms with Gasteiger partial charge in [0.15, 0.2) is 0 Å². The molecule has 1 aromatic heterocycles. The number of thioether (sulfide) groups is 1. The van der Waals surface area contributed by atoms with Crippen molar-refractivity contribution in [3.05, 3.63) is 65.2 Å². The molecule has 0 spiro atoms. The van der Waals surface area contributed by atoms with Crippen LogP contribution in [0.15, 0.2) is 53.7 Å². The number of amides is 1. The van der Waals surface area contributed by atoms with E-state index in [-0.39, 0.29) is 5.91 Å². The molecule has 1 heterocycles. The number of nitrogens with zero attached hydrogens (tertiary/aromatic N) is 5. The number of tetrazole rings is 1. The summed E-state index contributed by atoms with van der Waals surface area (Å²) in [6.45, 7) is 9.40. The van der Waals surface area contributed by atoms with Crippen molar-refractivity contribution < 1.29 is 4.79 Å². The van der Waals surface area contributed by atoms with Gasteiger partial charge in [0, 0.05) is 13.1 Å². The second kappa shape index (κ2) is 9.01. The minimum absolute atomic E-state index is 0.0669. The SMILES string of the molecule is CCN(CC)C(=O)[C@H](Sc1nnnn1-c1c(C)cccc1C)c1ccccc1. The van der Waals surface area contributed by atoms with Crippen LogP contribution in [0.5, 0.6) is 0 Å². The van der Waals surface area contributed by atoms with Crippen LogP contribution in [-0.2, 0) is 4.79 Å². The highest BCUT2D eigenvalue weighted by atomic mass is 32.2. The van der Waals surface area contributed by atoms with E-state index in [1.165, 1.54) is 11.8 Å². The minimum Gasteiger partial charge on any atom is -0.342 e. The standard InChI is InChI=1S/C21H25N5OS/c1-5-25(6-2)20(27)19(17-13-8-7-9-14-17)28-21-22-23-24-26(21)18-15(3)11-10-12-16(18)4/h7-14,19H,5-6H2,1-4H3/t19-/m1/s1. The molecule has 0 fully saturated rings. The van der Waals surface area contributed by atoms with Crippen molar-refractivity contribution in [3.8, 4) is 5.69 Å². The van der Waals surface area contributed by atoms with Gasteiger partial charge in [0.25, 0.3) is 0 Å². The highest BCUT2D eigenvalue weighted by Crippen LogP contribution is 2.36. The average molecular weight is 396 g/mol. The summed E-state index contributed by atoms with van der Waals surface area (Å²) in [6, 6.07) is 15.9. The third-order valence-corrected chi connectivity index (χ3v) is 5.89. The molecule has 0 aliphatic heterocycles. The van der Waals surface area contributed by atoms with E-state index in [4.69, 9.17) is 0 Å². The smallest absolute Gasteiger partial charge is 0.240 e. The molecule has 3 rings (SSSR count). The van der Waals surface area contributed by atoms with Crippen LogP contribution in [-0.4, -0.2) is 44.1 Å². The van der Waals surface area contributed by atoms with Gasteiger partial charge in [-0.15, -0.1) is 5.10 Å². The molecule has 0 saturated carbocycles. The zero-order valence-corrected chi connectivity index (χ0v) is 17.5. The fourth-order valence-electron chi connectivity index (χ4n) is 3.23. The Kier molecular flexibility index (Phi) is 6.46. The molecule has 0 aliphatic carbocycles. The van der Waals surface area contributed by atoms with Crippen LogP contribution >= 0.6 is 11.8 Å². The Bertz CT molecular complexity index is 917. The Hall–Kier alpha value is -2.67. The molecule has 0 N–H and O–H groups in total. The molecule has 146 valence electrons. The van der Waals surface area contributed by atoms with Crippen LogP contribution in [0.1, 0.15) is 35.8 Å². The number of hydrogen-bond donors (Lipinski definition) is 0. The van der Waals surface area contributed by atoms with Crippen molar-refractivity contribution in [2.24, 2.45) is 0 Å². The van der Waals surface area contributed by atoms with Gasteiger partial charge in [0.05, 0.1) is 5.69 Å². The lowest BCUT2D eigenvalue weighted by molar-refractivity contribution is -0.130. The first-order valence-corrected chi connectivity index (χ1v) is 10.3. The van der Waals surface area contributed by atoms with Gasteiger partial charge in [-0.2, -0.15) is 4.68 Å². The first-order chi connectivity index (χ1) is 13.6. The molecule has 0 saturated heterocycles. The molecule has 6 nitrogen and oxygen atoms in total. The first kappa shape index (κ1) is 20.1. The number of para-hydroxylation sites is 1. The molecule has 0 bridgehead atoms. The Balaban J connectivity index is 2.02. The van der Waals surface area contributed by atoms with Gasteiger partial charge in [-0.25, -0.2) is 0 Å². The third-order valence-electron chi connectivity index (χ3n) is 4.72. The van der Waals surface area contributed by atoms with Crippen molar-refractivity contribution in [1.29, 1.82) is 0 Å². The fraction of sp³-hybridized carbons (Fsp3) is 0.333. The summed E-state index contributed by atoms with van der Waals surface area (Å²) < 4.78 is 1.74. The van der Waals surface area contributed by atoms with Crippen LogP contribution in [0.4, 0.5) is 0 Å². The molecule has 1 amide bonds. The zero-order valence-electron chi connectivity index (χ0n) is 16.7. The predicted octanol–water partition coefficient (Wildman–Crippen LogP) is 3.98. The van der Waals surface area contributed by atoms with Gasteiger partial charge >= 0.3 is 0 Å². The van der Waals surface area contributed by atoms with Crippen molar-refractivity contribution in [3.63, 3.8) is 0 Å². The summed E-state index contributed by atoms with van der Waals surface area (Å²) in [5.74, 6) is 0.0669. The lowest BCUT2D eigenvalue weighted by Gasteiger charge is -2.25. The van der Waals surface area contributed by atoms with E-state index >= 15 is 0 Å². The summed E-state index contributed by atoms with van der Waals surface area (Å²) in [4.78, 5) is 15.1. The van der Waals surface area contributed by atoms with E-state index < -0.39 is 5.25 Å². The summed E-state index contributed by atoms with van der Waals surface area (Å²) in [5.41, 5.74) is 4.07. The largest absolute Gasteiger partial charge is 0.342 e. The van der Waals surface area contributed by atoms with Crippen LogP contribution in [0.2, 0.25) is 0 Å². The van der Waals surface area contributed by atoms with Gasteiger partial charge < -0.3 is 4.90 Å². The lowest BCUT2D eigenvalue weighted by atomic mass is 10.1. The van der Waals surface area contributed by atoms with Gasteiger partial charge in [0.1, 0.15) is 5.25 Å². The number of rotatable bonds is 7. The number of benzene rings is 2. The number of carbonyl (C=O) groups is 1. The van der Waals surface area contributed by atoms with Gasteiger partial charge in [-0.3, -0.25) is 4.79 Å². The average Bonchev–Trinajstić information content (AvgIpc) is 3.15. The minimum atomic E-state index is -0.407. The van der Waals surface area contributed by atoms with E-state index in [0.29, 0.717) is 18.2 Å². The molecular weight excluding hydrogens is 370 g/mol. The summed E-state index contributed by atoms with van der Waals surface area (Å²) in [7, 11) is 0. The van der Waals surface area contributed by atoms with E-state index in [9.17, 15) is 4.79 Å². The van der Waals surface area contributed by atoms with Crippen molar-refractivity contribution in [2.45, 2.75) is 38.1 Å². The van der Waals surface area contributed by atoms with Crippen LogP contribution in [0.3, 0.4) is 0 Å². The molecule has 3 aromatic rings. The number of carbonyl (C=O) groups excluding carboxylic acids is 1. The molecule has 0 radical (unpaired) electrons. The normalized spacial score (nSPS) is 12.0. The predicted molar refractivity (Wildman–Crippen MR) is 112 cm³/mol. The van der Waals surface area contributed by atoms with Crippen LogP contribution in [0, 0.1) is 13.8 Å². The topological polar surface area (TPSA) is 63.9 Å². The molecule has 0 unspecified atom stereocenters. The second-order valence-electron chi connectivity index (χ2n) is 6.53. The number of aromatic nitrogens is 4. The Morgan fingerprint density at radius 2 is 1.68 bits per heavy atom. The maximum absolute atomic E-state index is 13.2. The molecule has 0 aliphatic rings. The van der Waals surface area contributed by atoms with Crippen molar-refractivity contribution >= 4 is 17.7 Å². The number of hydrogen-bond acceptors (Lipinski definition) is 5. The van der Waals surface area contributed by atoms with Gasteiger partial charge in [-0.05, 0) is 54.8 Å². The third kappa shape index (κ3) is 4.09. The number of likely N-dealkylation sites (N-methyl/N-ethyl adjacent to an activating group) is 1. The highest BCUT2D eigenvalue weighted by molar-refractivity contribution is 8.00. The van der Waals surface area contributed by atoms with E-state index in [2.05, 4.69) is 15.5 Å².